The van der Waals surface area contributed by atoms with Crippen molar-refractivity contribution in [3.05, 3.63) is 54.1 Å². The molecule has 18 heavy (non-hydrogen) atoms. The van der Waals surface area contributed by atoms with E-state index in [1.54, 1.807) is 0 Å². The van der Waals surface area contributed by atoms with Crippen LogP contribution >= 0.6 is 0 Å². The van der Waals surface area contributed by atoms with Crippen molar-refractivity contribution in [3.63, 3.8) is 0 Å². The first-order valence-electron chi connectivity index (χ1n) is 6.16. The Balaban J connectivity index is 1.65. The average molecular weight is 237 g/mol. The number of fused-ring (bicyclic) bond motifs is 1. The summed E-state index contributed by atoms with van der Waals surface area (Å²) in [5.74, 6) is 0.947. The first-order valence-corrected chi connectivity index (χ1v) is 6.16. The van der Waals surface area contributed by atoms with Crippen molar-refractivity contribution in [1.29, 1.82) is 0 Å². The van der Waals surface area contributed by atoms with Crippen molar-refractivity contribution >= 4 is 17.2 Å². The molecule has 1 atom stereocenters. The van der Waals surface area contributed by atoms with Gasteiger partial charge in [-0.1, -0.05) is 30.4 Å². The van der Waals surface area contributed by atoms with Crippen molar-refractivity contribution in [3.8, 4) is 0 Å². The van der Waals surface area contributed by atoms with E-state index in [9.17, 15) is 0 Å². The number of amidine groups is 1. The molecule has 1 aromatic carbocycles. The van der Waals surface area contributed by atoms with Crippen molar-refractivity contribution in [2.75, 3.05) is 5.73 Å². The molecule has 0 spiro atoms. The lowest BCUT2D eigenvalue weighted by Crippen LogP contribution is -2.11. The van der Waals surface area contributed by atoms with Crippen LogP contribution in [0.5, 0.6) is 0 Å². The molecular weight excluding hydrogens is 222 g/mol. The number of nitrogens with zero attached hydrogens (tertiary/aromatic N) is 2. The minimum Gasteiger partial charge on any atom is -0.399 e. The van der Waals surface area contributed by atoms with Gasteiger partial charge in [-0.3, -0.25) is 4.99 Å². The monoisotopic (exact) mass is 237 g/mol. The molecule has 2 aliphatic rings. The van der Waals surface area contributed by atoms with Gasteiger partial charge < -0.3 is 5.73 Å². The number of benzene rings is 1. The smallest absolute Gasteiger partial charge is 0.125 e. The third-order valence-corrected chi connectivity index (χ3v) is 3.14. The van der Waals surface area contributed by atoms with Crippen LogP contribution in [0.3, 0.4) is 0 Å². The third kappa shape index (κ3) is 2.25. The average Bonchev–Trinajstić information content (AvgIpc) is 2.81. The Kier molecular flexibility index (Phi) is 2.81. The first-order chi connectivity index (χ1) is 8.81. The Labute approximate surface area is 106 Å². The quantitative estimate of drug-likeness (QED) is 0.807. The maximum atomic E-state index is 5.66. The largest absolute Gasteiger partial charge is 0.399 e. The summed E-state index contributed by atoms with van der Waals surface area (Å²) >= 11 is 0. The van der Waals surface area contributed by atoms with Crippen molar-refractivity contribution < 1.29 is 0 Å². The van der Waals surface area contributed by atoms with Crippen LogP contribution in [0.4, 0.5) is 5.69 Å². The maximum absolute atomic E-state index is 5.66. The summed E-state index contributed by atoms with van der Waals surface area (Å²) in [6.07, 6.45) is 9.98. The van der Waals surface area contributed by atoms with Crippen LogP contribution in [-0.4, -0.2) is 17.6 Å². The number of nitrogens with two attached hydrogens (primary N) is 1. The van der Waals surface area contributed by atoms with Crippen LogP contribution in [0.2, 0.25) is 0 Å². The number of hydrogen-bond donors (Lipinski definition) is 1. The van der Waals surface area contributed by atoms with Gasteiger partial charge in [0.25, 0.3) is 0 Å². The molecule has 3 nitrogen and oxygen atoms in total. The molecule has 1 aliphatic heterocycles. The van der Waals surface area contributed by atoms with E-state index in [0.717, 1.165) is 30.1 Å². The molecule has 0 bridgehead atoms. The Bertz CT molecular complexity index is 562. The van der Waals surface area contributed by atoms with Gasteiger partial charge in [0.2, 0.25) is 0 Å². The molecule has 0 radical (unpaired) electrons. The SMILES string of the molecule is Nc1ccc(CCC2=NC3C=CC=CC3=N2)cc1. The van der Waals surface area contributed by atoms with Crippen LogP contribution < -0.4 is 5.73 Å². The van der Waals surface area contributed by atoms with Crippen LogP contribution in [-0.2, 0) is 6.42 Å². The molecular formula is C15H15N3. The molecule has 1 aliphatic carbocycles. The molecule has 1 unspecified atom stereocenters. The van der Waals surface area contributed by atoms with E-state index in [4.69, 9.17) is 5.73 Å². The van der Waals surface area contributed by atoms with Crippen molar-refractivity contribution in [2.24, 2.45) is 9.98 Å². The molecule has 0 saturated heterocycles. The highest BCUT2D eigenvalue weighted by Crippen LogP contribution is 2.16. The molecule has 3 rings (SSSR count). The lowest BCUT2D eigenvalue weighted by atomic mass is 10.1. The predicted octanol–water partition coefficient (Wildman–Crippen LogP) is 2.55. The molecule has 90 valence electrons. The van der Waals surface area contributed by atoms with Gasteiger partial charge in [-0.25, -0.2) is 4.99 Å². The van der Waals surface area contributed by atoms with Gasteiger partial charge in [-0.15, -0.1) is 0 Å². The molecule has 2 N–H and O–H groups in total. The fraction of sp³-hybridized carbons (Fsp3) is 0.200. The zero-order chi connectivity index (χ0) is 12.4. The Morgan fingerprint density at radius 1 is 1.06 bits per heavy atom. The highest BCUT2D eigenvalue weighted by atomic mass is 15.0. The standard InChI is InChI=1S/C15H15N3/c16-12-8-5-11(6-9-12)7-10-15-17-13-3-1-2-4-14(13)18-15/h1-6,8-9,13H,7,10,16H2. The minimum atomic E-state index is 0.149. The fourth-order valence-electron chi connectivity index (χ4n) is 2.13. The topological polar surface area (TPSA) is 50.7 Å². The first kappa shape index (κ1) is 11.0. The van der Waals surface area contributed by atoms with E-state index >= 15 is 0 Å². The number of aryl methyl sites for hydroxylation is 1. The summed E-state index contributed by atoms with van der Waals surface area (Å²) in [6.45, 7) is 0. The van der Waals surface area contributed by atoms with Crippen LogP contribution in [0.15, 0.2) is 58.6 Å². The number of aliphatic imine (C=N–C) groups is 2. The predicted molar refractivity (Wildman–Crippen MR) is 76.1 cm³/mol. The Morgan fingerprint density at radius 3 is 2.67 bits per heavy atom. The molecule has 1 heterocycles. The normalized spacial score (nSPS) is 20.6. The van der Waals surface area contributed by atoms with Gasteiger partial charge >= 0.3 is 0 Å². The summed E-state index contributed by atoms with van der Waals surface area (Å²) in [7, 11) is 0. The van der Waals surface area contributed by atoms with E-state index in [1.165, 1.54) is 5.56 Å². The van der Waals surface area contributed by atoms with E-state index in [2.05, 4.69) is 28.2 Å². The molecule has 1 aromatic rings. The van der Waals surface area contributed by atoms with Crippen molar-refractivity contribution in [2.45, 2.75) is 18.9 Å². The Hall–Kier alpha value is -2.16. The second-order valence-electron chi connectivity index (χ2n) is 4.51. The zero-order valence-corrected chi connectivity index (χ0v) is 10.1. The highest BCUT2D eigenvalue weighted by molar-refractivity contribution is 6.13. The van der Waals surface area contributed by atoms with Gasteiger partial charge in [0.1, 0.15) is 11.9 Å². The molecule has 0 aromatic heterocycles. The summed E-state index contributed by atoms with van der Waals surface area (Å²) in [5, 5.41) is 0. The molecule has 0 saturated carbocycles. The van der Waals surface area contributed by atoms with Gasteiger partial charge in [0.05, 0.1) is 5.71 Å². The van der Waals surface area contributed by atoms with Gasteiger partial charge in [0.15, 0.2) is 0 Å². The van der Waals surface area contributed by atoms with E-state index < -0.39 is 0 Å². The van der Waals surface area contributed by atoms with Gasteiger partial charge in [-0.05, 0) is 30.2 Å². The van der Waals surface area contributed by atoms with Crippen molar-refractivity contribution in [1.82, 2.24) is 0 Å². The number of allylic oxidation sites excluding steroid dienone is 2. The van der Waals surface area contributed by atoms with Crippen LogP contribution in [0.1, 0.15) is 12.0 Å². The zero-order valence-electron chi connectivity index (χ0n) is 10.1. The molecule has 0 fully saturated rings. The molecule has 0 amide bonds. The Morgan fingerprint density at radius 2 is 1.89 bits per heavy atom. The fourth-order valence-corrected chi connectivity index (χ4v) is 2.13. The number of nitrogen functional groups attached to an aromatic ring is 1. The van der Waals surface area contributed by atoms with E-state index in [0.29, 0.717) is 0 Å². The van der Waals surface area contributed by atoms with E-state index in [1.807, 2.05) is 30.4 Å². The second kappa shape index (κ2) is 4.61. The summed E-state index contributed by atoms with van der Waals surface area (Å²) in [6, 6.07) is 8.14. The van der Waals surface area contributed by atoms with Gasteiger partial charge in [0, 0.05) is 12.1 Å². The van der Waals surface area contributed by atoms with E-state index in [-0.39, 0.29) is 6.04 Å². The highest BCUT2D eigenvalue weighted by Gasteiger charge is 2.19. The number of hydrogen-bond acceptors (Lipinski definition) is 3. The second-order valence-corrected chi connectivity index (χ2v) is 4.51. The lowest BCUT2D eigenvalue weighted by Gasteiger charge is -2.03. The lowest BCUT2D eigenvalue weighted by molar-refractivity contribution is 1.01. The number of anilines is 1. The third-order valence-electron chi connectivity index (χ3n) is 3.14. The summed E-state index contributed by atoms with van der Waals surface area (Å²) in [4.78, 5) is 9.14. The van der Waals surface area contributed by atoms with Crippen LogP contribution in [0, 0.1) is 0 Å². The summed E-state index contributed by atoms with van der Waals surface area (Å²) in [5.41, 5.74) is 8.80. The summed E-state index contributed by atoms with van der Waals surface area (Å²) < 4.78 is 0. The minimum absolute atomic E-state index is 0.149. The number of rotatable bonds is 3. The maximum Gasteiger partial charge on any atom is 0.125 e. The molecule has 3 heteroatoms. The van der Waals surface area contributed by atoms with Gasteiger partial charge in [-0.2, -0.15) is 0 Å². The van der Waals surface area contributed by atoms with Crippen LogP contribution in [0.25, 0.3) is 0 Å².